The lowest BCUT2D eigenvalue weighted by molar-refractivity contribution is -0.139. The zero-order valence-electron chi connectivity index (χ0n) is 14.2. The van der Waals surface area contributed by atoms with Gasteiger partial charge in [-0.05, 0) is 37.6 Å². The number of carbonyl (C=O) groups is 1. The summed E-state index contributed by atoms with van der Waals surface area (Å²) in [6, 6.07) is 9.22. The Kier molecular flexibility index (Phi) is 5.20. The van der Waals surface area contributed by atoms with Crippen molar-refractivity contribution in [3.8, 4) is 0 Å². The molecular weight excluding hydrogens is 342 g/mol. The van der Waals surface area contributed by atoms with Gasteiger partial charge in [-0.25, -0.2) is 4.79 Å². The number of ether oxygens (including phenoxy) is 1. The quantitative estimate of drug-likeness (QED) is 0.840. The molecule has 1 aromatic heterocycles. The molecule has 0 saturated carbocycles. The molecule has 1 unspecified atom stereocenters. The highest BCUT2D eigenvalue weighted by Gasteiger charge is 2.26. The summed E-state index contributed by atoms with van der Waals surface area (Å²) in [7, 11) is 0. The topological polar surface area (TPSA) is 64.4 Å². The van der Waals surface area contributed by atoms with Gasteiger partial charge in [0.1, 0.15) is 12.6 Å². The monoisotopic (exact) mass is 361 g/mol. The third kappa shape index (κ3) is 4.08. The Balaban J connectivity index is 1.72. The minimum atomic E-state index is -0.395. The van der Waals surface area contributed by atoms with Crippen LogP contribution in [0.3, 0.4) is 0 Å². The molecule has 0 radical (unpaired) electrons. The second-order valence-electron chi connectivity index (χ2n) is 6.16. The maximum atomic E-state index is 12.6. The number of nitrogens with zero attached hydrogens (tertiary/aromatic N) is 3. The van der Waals surface area contributed by atoms with Crippen LogP contribution in [-0.4, -0.2) is 40.1 Å². The van der Waals surface area contributed by atoms with Crippen molar-refractivity contribution in [1.82, 2.24) is 14.5 Å². The smallest absolute Gasteiger partial charge is 0.348 e. The molecule has 6 nitrogen and oxygen atoms in total. The highest BCUT2D eigenvalue weighted by Crippen LogP contribution is 2.23. The molecule has 2 heterocycles. The fraction of sp³-hybridized carbons (Fsp3) is 0.389. The van der Waals surface area contributed by atoms with Gasteiger partial charge < -0.3 is 9.64 Å². The van der Waals surface area contributed by atoms with E-state index in [1.54, 1.807) is 24.8 Å². The molecule has 1 fully saturated rings. The number of benzene rings is 1. The van der Waals surface area contributed by atoms with Gasteiger partial charge in [-0.3, -0.25) is 9.36 Å². The van der Waals surface area contributed by atoms with Gasteiger partial charge >= 0.3 is 5.69 Å². The number of hydrogen-bond donors (Lipinski definition) is 0. The molecule has 0 spiro atoms. The molecule has 0 aliphatic carbocycles. The van der Waals surface area contributed by atoms with E-state index in [9.17, 15) is 9.59 Å². The summed E-state index contributed by atoms with van der Waals surface area (Å²) >= 11 is 5.92. The summed E-state index contributed by atoms with van der Waals surface area (Å²) in [5.41, 5.74) is 1.97. The third-order valence-corrected chi connectivity index (χ3v) is 4.55. The van der Waals surface area contributed by atoms with Crippen LogP contribution >= 0.6 is 11.6 Å². The van der Waals surface area contributed by atoms with E-state index in [-0.39, 0.29) is 18.6 Å². The van der Waals surface area contributed by atoms with Gasteiger partial charge in [0.05, 0.1) is 13.2 Å². The van der Waals surface area contributed by atoms with Crippen LogP contribution in [0, 0.1) is 13.8 Å². The van der Waals surface area contributed by atoms with Crippen molar-refractivity contribution in [3.63, 3.8) is 0 Å². The second-order valence-corrected chi connectivity index (χ2v) is 6.59. The molecule has 1 aromatic carbocycles. The molecule has 1 saturated heterocycles. The Morgan fingerprint density at radius 3 is 2.72 bits per heavy atom. The normalized spacial score (nSPS) is 17.6. The number of morpholine rings is 1. The highest BCUT2D eigenvalue weighted by atomic mass is 35.5. The minimum Gasteiger partial charge on any atom is -0.370 e. The predicted octanol–water partition coefficient (Wildman–Crippen LogP) is 2.11. The van der Waals surface area contributed by atoms with Crippen molar-refractivity contribution in [2.45, 2.75) is 26.5 Å². The van der Waals surface area contributed by atoms with E-state index >= 15 is 0 Å². The van der Waals surface area contributed by atoms with Crippen molar-refractivity contribution >= 4 is 17.5 Å². The molecule has 1 aliphatic heterocycles. The Labute approximate surface area is 151 Å². The van der Waals surface area contributed by atoms with E-state index in [0.29, 0.717) is 30.4 Å². The van der Waals surface area contributed by atoms with Crippen LogP contribution in [0.2, 0.25) is 5.02 Å². The molecule has 2 aromatic rings. The first-order valence-corrected chi connectivity index (χ1v) is 8.52. The number of halogens is 1. The number of aryl methyl sites for hydroxylation is 2. The van der Waals surface area contributed by atoms with Crippen LogP contribution in [0.4, 0.5) is 0 Å². The zero-order chi connectivity index (χ0) is 18.0. The summed E-state index contributed by atoms with van der Waals surface area (Å²) in [6.45, 7) is 4.98. The van der Waals surface area contributed by atoms with Crippen LogP contribution in [-0.2, 0) is 16.1 Å². The first kappa shape index (κ1) is 17.6. The summed E-state index contributed by atoms with van der Waals surface area (Å²) in [5, 5.41) is 0.661. The van der Waals surface area contributed by atoms with Crippen molar-refractivity contribution in [3.05, 3.63) is 62.8 Å². The van der Waals surface area contributed by atoms with Crippen LogP contribution < -0.4 is 5.69 Å². The highest BCUT2D eigenvalue weighted by molar-refractivity contribution is 6.30. The average molecular weight is 362 g/mol. The molecular formula is C18H20ClN3O3. The molecule has 1 amide bonds. The average Bonchev–Trinajstić information content (AvgIpc) is 2.58. The molecule has 7 heteroatoms. The number of aromatic nitrogens is 2. The van der Waals surface area contributed by atoms with Gasteiger partial charge in [0.25, 0.3) is 0 Å². The van der Waals surface area contributed by atoms with Gasteiger partial charge in [-0.15, -0.1) is 0 Å². The molecule has 25 heavy (non-hydrogen) atoms. The number of amides is 1. The van der Waals surface area contributed by atoms with Crippen molar-refractivity contribution < 1.29 is 9.53 Å². The van der Waals surface area contributed by atoms with Gasteiger partial charge in [-0.2, -0.15) is 4.98 Å². The largest absolute Gasteiger partial charge is 0.370 e. The summed E-state index contributed by atoms with van der Waals surface area (Å²) in [5.74, 6) is -0.113. The number of carbonyl (C=O) groups excluding carboxylic acids is 1. The molecule has 0 bridgehead atoms. The van der Waals surface area contributed by atoms with Crippen molar-refractivity contribution in [1.29, 1.82) is 0 Å². The van der Waals surface area contributed by atoms with E-state index in [1.165, 1.54) is 4.57 Å². The van der Waals surface area contributed by atoms with Crippen molar-refractivity contribution in [2.24, 2.45) is 0 Å². The Morgan fingerprint density at radius 2 is 2.04 bits per heavy atom. The SMILES string of the molecule is Cc1cc(C)n(CC(=O)N2CCOC(c3ccc(Cl)cc3)C2)c(=O)n1. The predicted molar refractivity (Wildman–Crippen MR) is 94.7 cm³/mol. The van der Waals surface area contributed by atoms with E-state index in [0.717, 1.165) is 11.3 Å². The van der Waals surface area contributed by atoms with Crippen molar-refractivity contribution in [2.75, 3.05) is 19.7 Å². The van der Waals surface area contributed by atoms with E-state index < -0.39 is 5.69 Å². The van der Waals surface area contributed by atoms with Gasteiger partial charge in [-0.1, -0.05) is 23.7 Å². The zero-order valence-corrected chi connectivity index (χ0v) is 15.0. The van der Waals surface area contributed by atoms with Crippen LogP contribution in [0.1, 0.15) is 23.1 Å². The Morgan fingerprint density at radius 1 is 1.32 bits per heavy atom. The summed E-state index contributed by atoms with van der Waals surface area (Å²) in [6.07, 6.45) is -0.191. The standard InChI is InChI=1S/C18H20ClN3O3/c1-12-9-13(2)22(18(24)20-12)11-17(23)21-7-8-25-16(10-21)14-3-5-15(19)6-4-14/h3-6,9,16H,7-8,10-11H2,1-2H3. The maximum absolute atomic E-state index is 12.6. The van der Waals surface area contributed by atoms with Crippen LogP contribution in [0.15, 0.2) is 35.1 Å². The summed E-state index contributed by atoms with van der Waals surface area (Å²) < 4.78 is 7.18. The van der Waals surface area contributed by atoms with Crippen LogP contribution in [0.25, 0.3) is 0 Å². The van der Waals surface area contributed by atoms with E-state index in [1.807, 2.05) is 24.3 Å². The lowest BCUT2D eigenvalue weighted by atomic mass is 10.1. The van der Waals surface area contributed by atoms with Gasteiger partial charge in [0.2, 0.25) is 5.91 Å². The first-order valence-electron chi connectivity index (χ1n) is 8.14. The molecule has 1 aliphatic rings. The lowest BCUT2D eigenvalue weighted by Gasteiger charge is -2.33. The number of hydrogen-bond acceptors (Lipinski definition) is 4. The summed E-state index contributed by atoms with van der Waals surface area (Å²) in [4.78, 5) is 30.3. The fourth-order valence-electron chi connectivity index (χ4n) is 2.96. The Bertz CT molecular complexity index is 832. The molecule has 0 N–H and O–H groups in total. The number of rotatable bonds is 3. The first-order chi connectivity index (χ1) is 11.9. The second kappa shape index (κ2) is 7.37. The third-order valence-electron chi connectivity index (χ3n) is 4.30. The van der Waals surface area contributed by atoms with Crippen LogP contribution in [0.5, 0.6) is 0 Å². The van der Waals surface area contributed by atoms with E-state index in [4.69, 9.17) is 16.3 Å². The maximum Gasteiger partial charge on any atom is 0.348 e. The van der Waals surface area contributed by atoms with E-state index in [2.05, 4.69) is 4.98 Å². The minimum absolute atomic E-state index is 0.00865. The molecule has 1 atom stereocenters. The molecule has 132 valence electrons. The van der Waals surface area contributed by atoms with Gasteiger partial charge in [0.15, 0.2) is 0 Å². The Hall–Kier alpha value is -2.18. The fourth-order valence-corrected chi connectivity index (χ4v) is 3.08. The van der Waals surface area contributed by atoms with Gasteiger partial charge in [0, 0.05) is 23.0 Å². The molecule has 3 rings (SSSR count). The lowest BCUT2D eigenvalue weighted by Crippen LogP contribution is -2.45.